The van der Waals surface area contributed by atoms with Gasteiger partial charge in [-0.15, -0.1) is 0 Å². The highest BCUT2D eigenvalue weighted by Gasteiger charge is 2.21. The standard InChI is InChI=1S/C14H20N4O2/c1-3-15-12-6-9(2)16-8-11(12)14(20)17-7-10-4-5-13(19)18-10/h6,8,10H,3-5,7H2,1-2H3,(H,15,16)(H,17,20)(H,18,19). The molecule has 0 radical (unpaired) electrons. The predicted molar refractivity (Wildman–Crippen MR) is 76.6 cm³/mol. The maximum atomic E-state index is 12.2. The highest BCUT2D eigenvalue weighted by Crippen LogP contribution is 2.15. The lowest BCUT2D eigenvalue weighted by molar-refractivity contribution is -0.119. The van der Waals surface area contributed by atoms with E-state index in [1.165, 1.54) is 0 Å². The van der Waals surface area contributed by atoms with Gasteiger partial charge in [0, 0.05) is 37.4 Å². The summed E-state index contributed by atoms with van der Waals surface area (Å²) in [6.45, 7) is 5.05. The lowest BCUT2D eigenvalue weighted by Gasteiger charge is -2.14. The van der Waals surface area contributed by atoms with Crippen LogP contribution in [0.4, 0.5) is 5.69 Å². The van der Waals surface area contributed by atoms with E-state index in [2.05, 4.69) is 20.9 Å². The molecule has 2 heterocycles. The molecular formula is C14H20N4O2. The second-order valence-electron chi connectivity index (χ2n) is 4.91. The Labute approximate surface area is 118 Å². The number of amides is 2. The molecule has 1 aliphatic rings. The van der Waals surface area contributed by atoms with Crippen molar-refractivity contribution < 1.29 is 9.59 Å². The number of pyridine rings is 1. The van der Waals surface area contributed by atoms with Gasteiger partial charge in [0.15, 0.2) is 0 Å². The molecule has 0 aliphatic carbocycles. The maximum Gasteiger partial charge on any atom is 0.255 e. The number of anilines is 1. The van der Waals surface area contributed by atoms with Crippen LogP contribution in [0.5, 0.6) is 0 Å². The van der Waals surface area contributed by atoms with Crippen LogP contribution in [0.2, 0.25) is 0 Å². The number of rotatable bonds is 5. The van der Waals surface area contributed by atoms with Gasteiger partial charge in [0.05, 0.1) is 11.3 Å². The van der Waals surface area contributed by atoms with Crippen LogP contribution in [-0.2, 0) is 4.79 Å². The summed E-state index contributed by atoms with van der Waals surface area (Å²) in [6, 6.07) is 1.89. The number of nitrogens with one attached hydrogen (secondary N) is 3. The number of carbonyl (C=O) groups excluding carboxylic acids is 2. The van der Waals surface area contributed by atoms with Crippen LogP contribution in [0.3, 0.4) is 0 Å². The minimum Gasteiger partial charge on any atom is -0.385 e. The van der Waals surface area contributed by atoms with E-state index in [-0.39, 0.29) is 17.9 Å². The van der Waals surface area contributed by atoms with Crippen molar-refractivity contribution in [3.05, 3.63) is 23.5 Å². The van der Waals surface area contributed by atoms with E-state index < -0.39 is 0 Å². The fourth-order valence-electron chi connectivity index (χ4n) is 2.22. The molecule has 0 saturated carbocycles. The van der Waals surface area contributed by atoms with E-state index in [1.54, 1.807) is 6.20 Å². The van der Waals surface area contributed by atoms with Crippen molar-refractivity contribution in [1.29, 1.82) is 0 Å². The number of hydrogen-bond acceptors (Lipinski definition) is 4. The van der Waals surface area contributed by atoms with Gasteiger partial charge in [-0.05, 0) is 26.3 Å². The first-order valence-corrected chi connectivity index (χ1v) is 6.88. The van der Waals surface area contributed by atoms with Gasteiger partial charge < -0.3 is 16.0 Å². The molecule has 1 unspecified atom stereocenters. The lowest BCUT2D eigenvalue weighted by Crippen LogP contribution is -2.38. The van der Waals surface area contributed by atoms with E-state index in [0.717, 1.165) is 24.3 Å². The summed E-state index contributed by atoms with van der Waals surface area (Å²) in [5.41, 5.74) is 2.18. The van der Waals surface area contributed by atoms with Crippen LogP contribution in [0.25, 0.3) is 0 Å². The zero-order valence-electron chi connectivity index (χ0n) is 11.8. The van der Waals surface area contributed by atoms with Crippen LogP contribution in [0.15, 0.2) is 12.3 Å². The third kappa shape index (κ3) is 3.46. The maximum absolute atomic E-state index is 12.2. The number of aryl methyl sites for hydroxylation is 1. The summed E-state index contributed by atoms with van der Waals surface area (Å²) in [5.74, 6) is -0.121. The van der Waals surface area contributed by atoms with Crippen molar-refractivity contribution in [1.82, 2.24) is 15.6 Å². The molecule has 0 bridgehead atoms. The van der Waals surface area contributed by atoms with E-state index in [0.29, 0.717) is 18.5 Å². The first-order chi connectivity index (χ1) is 9.60. The predicted octanol–water partition coefficient (Wildman–Crippen LogP) is 0.830. The first kappa shape index (κ1) is 14.3. The zero-order valence-corrected chi connectivity index (χ0v) is 11.8. The van der Waals surface area contributed by atoms with Crippen LogP contribution in [-0.4, -0.2) is 35.9 Å². The number of nitrogens with zero attached hydrogens (tertiary/aromatic N) is 1. The first-order valence-electron chi connectivity index (χ1n) is 6.88. The van der Waals surface area contributed by atoms with Crippen molar-refractivity contribution in [3.8, 4) is 0 Å². The van der Waals surface area contributed by atoms with Crippen LogP contribution in [0.1, 0.15) is 35.8 Å². The molecule has 1 saturated heterocycles. The van der Waals surface area contributed by atoms with Gasteiger partial charge >= 0.3 is 0 Å². The number of hydrogen-bond donors (Lipinski definition) is 3. The second-order valence-corrected chi connectivity index (χ2v) is 4.91. The Kier molecular flexibility index (Phi) is 4.55. The molecule has 1 atom stereocenters. The molecule has 1 fully saturated rings. The van der Waals surface area contributed by atoms with E-state index in [4.69, 9.17) is 0 Å². The third-order valence-corrected chi connectivity index (χ3v) is 3.25. The molecule has 6 nitrogen and oxygen atoms in total. The van der Waals surface area contributed by atoms with Crippen LogP contribution in [0, 0.1) is 6.92 Å². The molecule has 20 heavy (non-hydrogen) atoms. The fourth-order valence-corrected chi connectivity index (χ4v) is 2.22. The minimum atomic E-state index is -0.172. The van der Waals surface area contributed by atoms with Gasteiger partial charge in [-0.25, -0.2) is 0 Å². The quantitative estimate of drug-likeness (QED) is 0.744. The summed E-state index contributed by atoms with van der Waals surface area (Å²) in [7, 11) is 0. The van der Waals surface area contributed by atoms with Crippen molar-refractivity contribution in [3.63, 3.8) is 0 Å². The van der Waals surface area contributed by atoms with Crippen molar-refractivity contribution in [2.24, 2.45) is 0 Å². The Morgan fingerprint density at radius 3 is 3.00 bits per heavy atom. The smallest absolute Gasteiger partial charge is 0.255 e. The molecule has 3 N–H and O–H groups in total. The molecular weight excluding hydrogens is 256 g/mol. The van der Waals surface area contributed by atoms with Gasteiger partial charge in [-0.1, -0.05) is 0 Å². The Hall–Kier alpha value is -2.11. The normalized spacial score (nSPS) is 17.7. The Bertz CT molecular complexity index is 516. The molecule has 0 aromatic carbocycles. The Balaban J connectivity index is 1.99. The van der Waals surface area contributed by atoms with Crippen LogP contribution >= 0.6 is 0 Å². The summed E-state index contributed by atoms with van der Waals surface area (Å²) in [6.07, 6.45) is 2.89. The van der Waals surface area contributed by atoms with Crippen molar-refractivity contribution in [2.75, 3.05) is 18.4 Å². The van der Waals surface area contributed by atoms with E-state index >= 15 is 0 Å². The molecule has 1 aromatic heterocycles. The van der Waals surface area contributed by atoms with E-state index in [9.17, 15) is 9.59 Å². The average molecular weight is 276 g/mol. The van der Waals surface area contributed by atoms with E-state index in [1.807, 2.05) is 19.9 Å². The van der Waals surface area contributed by atoms with Gasteiger partial charge in [-0.3, -0.25) is 14.6 Å². The fraction of sp³-hybridized carbons (Fsp3) is 0.500. The topological polar surface area (TPSA) is 83.1 Å². The third-order valence-electron chi connectivity index (χ3n) is 3.25. The molecule has 2 rings (SSSR count). The SMILES string of the molecule is CCNc1cc(C)ncc1C(=O)NCC1CCC(=O)N1. The van der Waals surface area contributed by atoms with Gasteiger partial charge in [0.25, 0.3) is 5.91 Å². The zero-order chi connectivity index (χ0) is 14.5. The second kappa shape index (κ2) is 6.36. The summed E-state index contributed by atoms with van der Waals surface area (Å²) >= 11 is 0. The highest BCUT2D eigenvalue weighted by molar-refractivity contribution is 5.99. The number of carbonyl (C=O) groups is 2. The summed E-state index contributed by atoms with van der Waals surface area (Å²) < 4.78 is 0. The largest absolute Gasteiger partial charge is 0.385 e. The molecule has 0 spiro atoms. The lowest BCUT2D eigenvalue weighted by atomic mass is 10.1. The molecule has 6 heteroatoms. The molecule has 1 aromatic rings. The van der Waals surface area contributed by atoms with Gasteiger partial charge in [0.1, 0.15) is 0 Å². The summed E-state index contributed by atoms with van der Waals surface area (Å²) in [4.78, 5) is 27.5. The monoisotopic (exact) mass is 276 g/mol. The van der Waals surface area contributed by atoms with Gasteiger partial charge in [0.2, 0.25) is 5.91 Å². The van der Waals surface area contributed by atoms with Crippen molar-refractivity contribution in [2.45, 2.75) is 32.7 Å². The highest BCUT2D eigenvalue weighted by atomic mass is 16.2. The van der Waals surface area contributed by atoms with Gasteiger partial charge in [-0.2, -0.15) is 0 Å². The van der Waals surface area contributed by atoms with Crippen molar-refractivity contribution >= 4 is 17.5 Å². The molecule has 108 valence electrons. The Morgan fingerprint density at radius 2 is 2.35 bits per heavy atom. The average Bonchev–Trinajstić information content (AvgIpc) is 2.82. The summed E-state index contributed by atoms with van der Waals surface area (Å²) in [5, 5.41) is 8.83. The molecule has 1 aliphatic heterocycles. The molecule has 2 amide bonds. The minimum absolute atomic E-state index is 0.0347. The Morgan fingerprint density at radius 1 is 1.55 bits per heavy atom. The number of aromatic nitrogens is 1. The van der Waals surface area contributed by atoms with Crippen LogP contribution < -0.4 is 16.0 Å².